The van der Waals surface area contributed by atoms with Crippen LogP contribution in [0.1, 0.15) is 54.5 Å². The topological polar surface area (TPSA) is 128 Å². The highest BCUT2D eigenvalue weighted by Crippen LogP contribution is 2.21. The molecule has 1 aromatic heterocycles. The van der Waals surface area contributed by atoms with Crippen molar-refractivity contribution in [1.29, 1.82) is 0 Å². The first-order valence-electron chi connectivity index (χ1n) is 14.6. The van der Waals surface area contributed by atoms with Gasteiger partial charge in [-0.25, -0.2) is 4.79 Å². The van der Waals surface area contributed by atoms with Crippen molar-refractivity contribution in [1.82, 2.24) is 25.2 Å². The quantitative estimate of drug-likeness (QED) is 0.410. The highest BCUT2D eigenvalue weighted by atomic mass is 19.4. The number of carbonyl (C=O) groups is 2. The Labute approximate surface area is 259 Å². The number of nitrogens with zero attached hydrogens (tertiary/aromatic N) is 4. The average molecular weight is 631 g/mol. The molecule has 0 aliphatic carbocycles. The lowest BCUT2D eigenvalue weighted by Gasteiger charge is -2.32. The molecule has 242 valence electrons. The zero-order chi connectivity index (χ0) is 32.5. The van der Waals surface area contributed by atoms with E-state index in [0.29, 0.717) is 44.0 Å². The Bertz CT molecular complexity index is 1440. The number of carbonyl (C=O) groups excluding carboxylic acids is 2. The van der Waals surface area contributed by atoms with Gasteiger partial charge in [0.05, 0.1) is 13.2 Å². The number of hydrogen-bond donors (Lipinski definition) is 2. The van der Waals surface area contributed by atoms with Crippen LogP contribution in [-0.2, 0) is 17.7 Å². The van der Waals surface area contributed by atoms with Crippen molar-refractivity contribution >= 4 is 17.9 Å². The van der Waals surface area contributed by atoms with Crippen LogP contribution in [0.25, 0.3) is 0 Å². The monoisotopic (exact) mass is 630 g/mol. The van der Waals surface area contributed by atoms with E-state index in [9.17, 15) is 22.8 Å². The summed E-state index contributed by atoms with van der Waals surface area (Å²) in [6.07, 6.45) is -4.27. The van der Waals surface area contributed by atoms with Gasteiger partial charge in [-0.1, -0.05) is 38.1 Å². The van der Waals surface area contributed by atoms with Crippen LogP contribution in [0.5, 0.6) is 11.8 Å². The molecule has 3 aromatic rings. The summed E-state index contributed by atoms with van der Waals surface area (Å²) in [5.41, 5.74) is 1.52. The Balaban J connectivity index is 1.58. The number of anilines is 1. The minimum atomic E-state index is -4.56. The number of amides is 2. The largest absolute Gasteiger partial charge is 0.494 e. The van der Waals surface area contributed by atoms with E-state index in [-0.39, 0.29) is 37.3 Å². The minimum Gasteiger partial charge on any atom is -0.494 e. The molecule has 0 unspecified atom stereocenters. The van der Waals surface area contributed by atoms with E-state index in [0.717, 1.165) is 11.1 Å². The molecule has 0 atom stereocenters. The van der Waals surface area contributed by atoms with Gasteiger partial charge in [-0.3, -0.25) is 4.79 Å². The predicted octanol–water partition coefficient (Wildman–Crippen LogP) is 5.01. The smallest absolute Gasteiger partial charge is 0.422 e. The van der Waals surface area contributed by atoms with Crippen LogP contribution in [0, 0.1) is 5.41 Å². The third-order valence-corrected chi connectivity index (χ3v) is 6.69. The zero-order valence-electron chi connectivity index (χ0n) is 25.4. The lowest BCUT2D eigenvalue weighted by molar-refractivity contribution is -0.154. The van der Waals surface area contributed by atoms with Gasteiger partial charge in [0, 0.05) is 38.2 Å². The lowest BCUT2D eigenvalue weighted by atomic mass is 9.92. The second-order valence-corrected chi connectivity index (χ2v) is 11.3. The van der Waals surface area contributed by atoms with Gasteiger partial charge in [0.25, 0.3) is 5.91 Å². The van der Waals surface area contributed by atoms with Crippen LogP contribution in [0.4, 0.5) is 23.9 Å². The van der Waals surface area contributed by atoms with Crippen LogP contribution >= 0.6 is 0 Å². The van der Waals surface area contributed by atoms with Gasteiger partial charge >= 0.3 is 18.3 Å². The molecule has 45 heavy (non-hydrogen) atoms. The van der Waals surface area contributed by atoms with Crippen molar-refractivity contribution in [3.63, 3.8) is 0 Å². The molecule has 11 nitrogen and oxygen atoms in total. The van der Waals surface area contributed by atoms with E-state index in [4.69, 9.17) is 14.2 Å². The van der Waals surface area contributed by atoms with E-state index in [1.54, 1.807) is 48.2 Å². The molecule has 0 radical (unpaired) electrons. The maximum absolute atomic E-state index is 12.9. The number of hydrogen-bond acceptors (Lipinski definition) is 9. The molecule has 2 aromatic carbocycles. The SMILES string of the molecule is CCOC(=O)N1CCCOc2ccc(cc2)CNc2nc(nc(OCC(F)(F)F)n2)Cc2ccc(cc2)C(=O)NCC(C)(C)C1. The summed E-state index contributed by atoms with van der Waals surface area (Å²) in [4.78, 5) is 39.7. The van der Waals surface area contributed by atoms with Gasteiger partial charge in [0.1, 0.15) is 11.6 Å². The summed E-state index contributed by atoms with van der Waals surface area (Å²) < 4.78 is 54.4. The van der Waals surface area contributed by atoms with Gasteiger partial charge in [0.15, 0.2) is 6.61 Å². The van der Waals surface area contributed by atoms with Crippen molar-refractivity contribution in [2.45, 2.75) is 46.3 Å². The first kappa shape index (κ1) is 33.3. The first-order chi connectivity index (χ1) is 21.4. The summed E-state index contributed by atoms with van der Waals surface area (Å²) in [7, 11) is 0. The summed E-state index contributed by atoms with van der Waals surface area (Å²) in [5.74, 6) is 0.583. The zero-order valence-corrected chi connectivity index (χ0v) is 25.4. The highest BCUT2D eigenvalue weighted by molar-refractivity contribution is 5.94. The molecule has 4 aliphatic heterocycles. The number of aromatic nitrogens is 3. The Morgan fingerprint density at radius 1 is 1.02 bits per heavy atom. The van der Waals surface area contributed by atoms with Crippen LogP contribution < -0.4 is 20.1 Å². The number of alkyl halides is 3. The third-order valence-electron chi connectivity index (χ3n) is 6.69. The third kappa shape index (κ3) is 10.8. The maximum Gasteiger partial charge on any atom is 0.422 e. The Morgan fingerprint density at radius 2 is 1.73 bits per heavy atom. The van der Waals surface area contributed by atoms with E-state index in [1.807, 2.05) is 26.0 Å². The van der Waals surface area contributed by atoms with Gasteiger partial charge in [-0.2, -0.15) is 28.1 Å². The molecule has 0 saturated carbocycles. The average Bonchev–Trinajstić information content (AvgIpc) is 2.99. The van der Waals surface area contributed by atoms with E-state index in [1.165, 1.54) is 0 Å². The molecule has 2 amide bonds. The van der Waals surface area contributed by atoms with Crippen molar-refractivity contribution in [3.05, 3.63) is 71.0 Å². The summed E-state index contributed by atoms with van der Waals surface area (Å²) in [6.45, 7) is 6.06. The first-order valence-corrected chi connectivity index (χ1v) is 14.6. The van der Waals surface area contributed by atoms with E-state index < -0.39 is 30.3 Å². The van der Waals surface area contributed by atoms with Gasteiger partial charge in [0.2, 0.25) is 5.95 Å². The number of benzene rings is 2. The fourth-order valence-corrected chi connectivity index (χ4v) is 4.50. The van der Waals surface area contributed by atoms with Crippen molar-refractivity contribution in [3.8, 4) is 11.8 Å². The van der Waals surface area contributed by atoms with Crippen molar-refractivity contribution in [2.75, 3.05) is 44.8 Å². The molecule has 5 heterocycles. The van der Waals surface area contributed by atoms with Gasteiger partial charge in [-0.15, -0.1) is 0 Å². The maximum atomic E-state index is 12.9. The van der Waals surface area contributed by atoms with Crippen LogP contribution in [0.2, 0.25) is 0 Å². The van der Waals surface area contributed by atoms with Gasteiger partial charge in [-0.05, 0) is 54.2 Å². The Hall–Kier alpha value is -4.62. The fourth-order valence-electron chi connectivity index (χ4n) is 4.50. The summed E-state index contributed by atoms with van der Waals surface area (Å²) in [6, 6.07) is 13.6. The summed E-state index contributed by atoms with van der Waals surface area (Å²) >= 11 is 0. The molecule has 2 N–H and O–H groups in total. The van der Waals surface area contributed by atoms with E-state index >= 15 is 0 Å². The molecule has 0 saturated heterocycles. The van der Waals surface area contributed by atoms with Gasteiger partial charge < -0.3 is 29.7 Å². The number of ether oxygens (including phenoxy) is 3. The second kappa shape index (κ2) is 14.9. The minimum absolute atomic E-state index is 0.0525. The lowest BCUT2D eigenvalue weighted by Crippen LogP contribution is -2.45. The summed E-state index contributed by atoms with van der Waals surface area (Å²) in [5, 5.41) is 5.95. The number of rotatable bonds is 3. The molecular formula is C31H37F3N6O5. The Kier molecular flexibility index (Phi) is 11.0. The Morgan fingerprint density at radius 3 is 2.42 bits per heavy atom. The van der Waals surface area contributed by atoms with Crippen molar-refractivity contribution in [2.24, 2.45) is 5.41 Å². The second-order valence-electron chi connectivity index (χ2n) is 11.3. The van der Waals surface area contributed by atoms with Crippen LogP contribution in [-0.4, -0.2) is 77.5 Å². The molecular weight excluding hydrogens is 593 g/mol. The fraction of sp³-hybridized carbons (Fsp3) is 0.452. The predicted molar refractivity (Wildman–Crippen MR) is 159 cm³/mol. The van der Waals surface area contributed by atoms with Crippen LogP contribution in [0.15, 0.2) is 48.5 Å². The molecule has 7 rings (SSSR count). The molecule has 14 heteroatoms. The highest BCUT2D eigenvalue weighted by Gasteiger charge is 2.29. The molecule has 0 spiro atoms. The number of nitrogens with one attached hydrogen (secondary N) is 2. The molecule has 0 fully saturated rings. The van der Waals surface area contributed by atoms with Crippen LogP contribution in [0.3, 0.4) is 0 Å². The molecule has 4 aliphatic rings. The standard InChI is InChI=1S/C31H37F3N6O5/c1-4-43-29(42)40-14-5-15-44-24-12-8-22(9-13-24)17-35-27-37-25(38-28(39-27)45-20-31(32,33)34)16-21-6-10-23(11-7-21)26(41)36-18-30(2,3)19-40/h6-13H,4-5,14-20H2,1-3H3,(H,36,41)(H,35,37,38,39). The normalized spacial score (nSPS) is 16.1. The van der Waals surface area contributed by atoms with Crippen molar-refractivity contribution < 1.29 is 37.0 Å². The number of halogens is 3. The van der Waals surface area contributed by atoms with E-state index in [2.05, 4.69) is 25.6 Å². The molecule has 6 bridgehead atoms.